The summed E-state index contributed by atoms with van der Waals surface area (Å²) in [6.07, 6.45) is 3.02. The van der Waals surface area contributed by atoms with E-state index in [2.05, 4.69) is 0 Å². The Morgan fingerprint density at radius 3 is 2.42 bits per heavy atom. The van der Waals surface area contributed by atoms with Crippen LogP contribution in [0.25, 0.3) is 0 Å². The number of carbonyl (C=O) groups is 2. The maximum absolute atomic E-state index is 11.4. The number of carbonyl (C=O) groups excluding carboxylic acids is 1. The molecule has 0 radical (unpaired) electrons. The Hall–Kier alpha value is -0.860. The van der Waals surface area contributed by atoms with Crippen molar-refractivity contribution in [1.29, 1.82) is 0 Å². The van der Waals surface area contributed by atoms with E-state index in [0.29, 0.717) is 0 Å². The summed E-state index contributed by atoms with van der Waals surface area (Å²) in [5.74, 6) is -0.869. The van der Waals surface area contributed by atoms with Crippen molar-refractivity contribution in [3.05, 3.63) is 0 Å². The molecule has 12 heavy (non-hydrogen) atoms. The predicted octanol–water partition coefficient (Wildman–Crippen LogP) is 1.47. The van der Waals surface area contributed by atoms with Crippen LogP contribution in [0.15, 0.2) is 0 Å². The van der Waals surface area contributed by atoms with Crippen LogP contribution in [0.3, 0.4) is 0 Å². The lowest BCUT2D eigenvalue weighted by Gasteiger charge is -2.26. The first kappa shape index (κ1) is 9.23. The molecule has 1 rings (SSSR count). The van der Waals surface area contributed by atoms with Gasteiger partial charge in [-0.15, -0.1) is 0 Å². The van der Waals surface area contributed by atoms with Gasteiger partial charge in [-0.2, -0.15) is 0 Å². The average molecular weight is 170 g/mol. The van der Waals surface area contributed by atoms with Gasteiger partial charge in [0, 0.05) is 11.8 Å². The Kier molecular flexibility index (Phi) is 2.84. The highest BCUT2D eigenvalue weighted by Crippen LogP contribution is 2.30. The number of hydrogen-bond acceptors (Lipinski definition) is 2. The first-order valence-corrected chi connectivity index (χ1v) is 4.36. The summed E-state index contributed by atoms with van der Waals surface area (Å²) in [4.78, 5) is 21.7. The van der Waals surface area contributed by atoms with Crippen molar-refractivity contribution in [2.45, 2.75) is 32.6 Å². The zero-order valence-electron chi connectivity index (χ0n) is 7.25. The molecule has 0 saturated heterocycles. The summed E-state index contributed by atoms with van der Waals surface area (Å²) in [6, 6.07) is 0. The van der Waals surface area contributed by atoms with Crippen LogP contribution in [-0.4, -0.2) is 16.9 Å². The van der Waals surface area contributed by atoms with Crippen LogP contribution < -0.4 is 0 Å². The SMILES string of the molecule is CC(CC(=O)O)C(=O)C1CCC1. The van der Waals surface area contributed by atoms with E-state index in [1.54, 1.807) is 6.92 Å². The molecule has 0 aliphatic heterocycles. The van der Waals surface area contributed by atoms with Gasteiger partial charge < -0.3 is 5.11 Å². The monoisotopic (exact) mass is 170 g/mol. The zero-order valence-corrected chi connectivity index (χ0v) is 7.25. The standard InChI is InChI=1S/C9H14O3/c1-6(5-8(10)11)9(12)7-3-2-4-7/h6-7H,2-5H2,1H3,(H,10,11). The minimum atomic E-state index is -0.879. The van der Waals surface area contributed by atoms with Crippen molar-refractivity contribution in [1.82, 2.24) is 0 Å². The second-order valence-corrected chi connectivity index (χ2v) is 3.53. The van der Waals surface area contributed by atoms with E-state index in [0.717, 1.165) is 19.3 Å². The first-order valence-electron chi connectivity index (χ1n) is 4.36. The molecule has 1 atom stereocenters. The van der Waals surface area contributed by atoms with Gasteiger partial charge in [-0.25, -0.2) is 0 Å². The van der Waals surface area contributed by atoms with Crippen LogP contribution in [0.1, 0.15) is 32.6 Å². The van der Waals surface area contributed by atoms with Gasteiger partial charge in [0.2, 0.25) is 0 Å². The molecule has 1 aliphatic carbocycles. The number of ketones is 1. The third-order valence-corrected chi connectivity index (χ3v) is 2.47. The van der Waals surface area contributed by atoms with Crippen LogP contribution in [0.5, 0.6) is 0 Å². The van der Waals surface area contributed by atoms with Gasteiger partial charge >= 0.3 is 5.97 Å². The third kappa shape index (κ3) is 2.06. The topological polar surface area (TPSA) is 54.4 Å². The van der Waals surface area contributed by atoms with E-state index in [-0.39, 0.29) is 24.0 Å². The zero-order chi connectivity index (χ0) is 9.14. The quantitative estimate of drug-likeness (QED) is 0.695. The lowest BCUT2D eigenvalue weighted by molar-refractivity contribution is -0.141. The fourth-order valence-electron chi connectivity index (χ4n) is 1.46. The number of rotatable bonds is 4. The molecular formula is C9H14O3. The highest BCUT2D eigenvalue weighted by atomic mass is 16.4. The summed E-state index contributed by atoms with van der Waals surface area (Å²) in [7, 11) is 0. The molecule has 1 unspecified atom stereocenters. The fraction of sp³-hybridized carbons (Fsp3) is 0.778. The molecule has 1 saturated carbocycles. The molecule has 1 fully saturated rings. The highest BCUT2D eigenvalue weighted by molar-refractivity contribution is 5.86. The molecule has 0 spiro atoms. The summed E-state index contributed by atoms with van der Waals surface area (Å²) in [6.45, 7) is 1.70. The van der Waals surface area contributed by atoms with Crippen molar-refractivity contribution in [3.8, 4) is 0 Å². The summed E-state index contributed by atoms with van der Waals surface area (Å²) in [5.41, 5.74) is 0. The van der Waals surface area contributed by atoms with Gasteiger partial charge in [-0.05, 0) is 12.8 Å². The number of carboxylic acids is 1. The number of Topliss-reactive ketones (excluding diaryl/α,β-unsaturated/α-hetero) is 1. The minimum absolute atomic E-state index is 0.0185. The lowest BCUT2D eigenvalue weighted by atomic mass is 9.77. The second kappa shape index (κ2) is 3.70. The molecule has 0 bridgehead atoms. The first-order chi connectivity index (χ1) is 5.61. The number of hydrogen-bond donors (Lipinski definition) is 1. The molecule has 0 heterocycles. The van der Waals surface area contributed by atoms with E-state index in [1.807, 2.05) is 0 Å². The Morgan fingerprint density at radius 1 is 1.50 bits per heavy atom. The predicted molar refractivity (Wildman–Crippen MR) is 43.8 cm³/mol. The third-order valence-electron chi connectivity index (χ3n) is 2.47. The maximum atomic E-state index is 11.4. The molecule has 0 aromatic carbocycles. The summed E-state index contributed by atoms with van der Waals surface area (Å²) >= 11 is 0. The molecule has 0 amide bonds. The fourth-order valence-corrected chi connectivity index (χ4v) is 1.46. The van der Waals surface area contributed by atoms with E-state index >= 15 is 0 Å². The van der Waals surface area contributed by atoms with Gasteiger partial charge in [0.25, 0.3) is 0 Å². The Bertz CT molecular complexity index is 194. The lowest BCUT2D eigenvalue weighted by Crippen LogP contribution is -2.28. The van der Waals surface area contributed by atoms with E-state index < -0.39 is 5.97 Å². The van der Waals surface area contributed by atoms with E-state index in [9.17, 15) is 9.59 Å². The Morgan fingerprint density at radius 2 is 2.08 bits per heavy atom. The van der Waals surface area contributed by atoms with Crippen LogP contribution in [0.2, 0.25) is 0 Å². The van der Waals surface area contributed by atoms with Crippen molar-refractivity contribution in [2.75, 3.05) is 0 Å². The van der Waals surface area contributed by atoms with Crippen molar-refractivity contribution in [2.24, 2.45) is 11.8 Å². The van der Waals surface area contributed by atoms with E-state index in [1.165, 1.54) is 0 Å². The molecule has 1 N–H and O–H groups in total. The Labute approximate surface area is 71.8 Å². The van der Waals surface area contributed by atoms with Crippen molar-refractivity contribution < 1.29 is 14.7 Å². The Balaban J connectivity index is 2.34. The minimum Gasteiger partial charge on any atom is -0.481 e. The average Bonchev–Trinajstić information content (AvgIpc) is 1.81. The van der Waals surface area contributed by atoms with Gasteiger partial charge in [0.05, 0.1) is 6.42 Å². The molecule has 0 aromatic heterocycles. The normalized spacial score (nSPS) is 19.8. The van der Waals surface area contributed by atoms with Gasteiger partial charge in [0.1, 0.15) is 5.78 Å². The van der Waals surface area contributed by atoms with Crippen LogP contribution in [-0.2, 0) is 9.59 Å². The molecule has 0 aromatic rings. The molecule has 1 aliphatic rings. The van der Waals surface area contributed by atoms with Gasteiger partial charge in [-0.3, -0.25) is 9.59 Å². The summed E-state index contributed by atoms with van der Waals surface area (Å²) in [5, 5.41) is 8.45. The van der Waals surface area contributed by atoms with Crippen molar-refractivity contribution >= 4 is 11.8 Å². The number of carboxylic acid groups (broad SMARTS) is 1. The van der Waals surface area contributed by atoms with Crippen LogP contribution in [0.4, 0.5) is 0 Å². The highest BCUT2D eigenvalue weighted by Gasteiger charge is 2.29. The number of aliphatic carboxylic acids is 1. The van der Waals surface area contributed by atoms with Crippen LogP contribution >= 0.6 is 0 Å². The molecule has 68 valence electrons. The van der Waals surface area contributed by atoms with Crippen LogP contribution in [0, 0.1) is 11.8 Å². The molecular weight excluding hydrogens is 156 g/mol. The van der Waals surface area contributed by atoms with Gasteiger partial charge in [-0.1, -0.05) is 13.3 Å². The summed E-state index contributed by atoms with van der Waals surface area (Å²) < 4.78 is 0. The largest absolute Gasteiger partial charge is 0.481 e. The van der Waals surface area contributed by atoms with Crippen molar-refractivity contribution in [3.63, 3.8) is 0 Å². The van der Waals surface area contributed by atoms with E-state index in [4.69, 9.17) is 5.11 Å². The van der Waals surface area contributed by atoms with Gasteiger partial charge in [0.15, 0.2) is 0 Å². The smallest absolute Gasteiger partial charge is 0.304 e. The second-order valence-electron chi connectivity index (χ2n) is 3.53. The maximum Gasteiger partial charge on any atom is 0.304 e. The molecule has 3 heteroatoms. The molecule has 3 nitrogen and oxygen atoms in total.